The van der Waals surface area contributed by atoms with E-state index in [0.717, 1.165) is 41.8 Å². The number of imidazole rings is 1. The summed E-state index contributed by atoms with van der Waals surface area (Å²) in [7, 11) is 0. The van der Waals surface area contributed by atoms with Crippen LogP contribution in [0.4, 0.5) is 5.69 Å². The molecule has 5 heteroatoms. The van der Waals surface area contributed by atoms with Gasteiger partial charge >= 0.3 is 0 Å². The maximum absolute atomic E-state index is 11.7. The number of rotatable bonds is 7. The van der Waals surface area contributed by atoms with Crippen LogP contribution in [0.15, 0.2) is 18.2 Å². The van der Waals surface area contributed by atoms with Crippen molar-refractivity contribution < 1.29 is 4.79 Å². The van der Waals surface area contributed by atoms with Crippen molar-refractivity contribution in [1.29, 1.82) is 0 Å². The third kappa shape index (κ3) is 3.81. The van der Waals surface area contributed by atoms with E-state index in [9.17, 15) is 4.79 Å². The second kappa shape index (κ2) is 7.05. The van der Waals surface area contributed by atoms with Gasteiger partial charge in [-0.1, -0.05) is 13.3 Å². The Morgan fingerprint density at radius 3 is 3.00 bits per heavy atom. The number of carbonyl (C=O) groups excluding carboxylic acids is 1. The Labute approximate surface area is 119 Å². The van der Waals surface area contributed by atoms with Crippen molar-refractivity contribution in [3.05, 3.63) is 24.0 Å². The molecule has 1 aromatic heterocycles. The number of amides is 1. The fraction of sp³-hybridized carbons (Fsp3) is 0.467. The van der Waals surface area contributed by atoms with Gasteiger partial charge in [-0.05, 0) is 37.6 Å². The Bertz CT molecular complexity index is 576. The summed E-state index contributed by atoms with van der Waals surface area (Å²) in [4.78, 5) is 19.5. The maximum atomic E-state index is 11.7. The number of H-pyrrole nitrogens is 1. The van der Waals surface area contributed by atoms with Crippen molar-refractivity contribution in [2.24, 2.45) is 5.73 Å². The lowest BCUT2D eigenvalue weighted by Gasteiger charge is -2.04. The normalized spacial score (nSPS) is 10.9. The number of nitrogens with one attached hydrogen (secondary N) is 2. The summed E-state index contributed by atoms with van der Waals surface area (Å²) in [5.74, 6) is 1.01. The van der Waals surface area contributed by atoms with Gasteiger partial charge in [0.2, 0.25) is 5.91 Å². The van der Waals surface area contributed by atoms with E-state index >= 15 is 0 Å². The van der Waals surface area contributed by atoms with Crippen LogP contribution >= 0.6 is 0 Å². The van der Waals surface area contributed by atoms with E-state index in [1.54, 1.807) is 0 Å². The smallest absolute Gasteiger partial charge is 0.224 e. The summed E-state index contributed by atoms with van der Waals surface area (Å²) in [6, 6.07) is 5.74. The summed E-state index contributed by atoms with van der Waals surface area (Å²) < 4.78 is 0. The first-order valence-corrected chi connectivity index (χ1v) is 7.21. The van der Waals surface area contributed by atoms with Crippen molar-refractivity contribution >= 4 is 22.6 Å². The van der Waals surface area contributed by atoms with Crippen molar-refractivity contribution in [1.82, 2.24) is 9.97 Å². The Morgan fingerprint density at radius 2 is 2.25 bits per heavy atom. The summed E-state index contributed by atoms with van der Waals surface area (Å²) in [6.07, 6.45) is 4.41. The van der Waals surface area contributed by atoms with Crippen LogP contribution in [0.1, 0.15) is 38.4 Å². The molecule has 2 rings (SSSR count). The zero-order chi connectivity index (χ0) is 14.4. The first kappa shape index (κ1) is 14.5. The first-order chi connectivity index (χ1) is 9.72. The number of unbranched alkanes of at least 4 members (excludes halogenated alkanes) is 1. The molecule has 0 aliphatic rings. The molecular weight excluding hydrogens is 252 g/mol. The number of nitrogens with two attached hydrogens (primary N) is 1. The van der Waals surface area contributed by atoms with Crippen molar-refractivity contribution in [2.75, 3.05) is 11.9 Å². The van der Waals surface area contributed by atoms with Crippen LogP contribution in [-0.4, -0.2) is 22.4 Å². The van der Waals surface area contributed by atoms with Gasteiger partial charge in [0, 0.05) is 18.5 Å². The molecule has 0 radical (unpaired) electrons. The van der Waals surface area contributed by atoms with E-state index in [4.69, 9.17) is 5.73 Å². The number of nitrogens with zero attached hydrogens (tertiary/aromatic N) is 1. The average Bonchev–Trinajstić information content (AvgIpc) is 2.85. The van der Waals surface area contributed by atoms with Crippen molar-refractivity contribution in [3.63, 3.8) is 0 Å². The molecule has 0 atom stereocenters. The molecule has 0 bridgehead atoms. The molecular formula is C15H22N4O. The molecule has 0 aliphatic heterocycles. The topological polar surface area (TPSA) is 83.8 Å². The number of aromatic nitrogens is 2. The molecule has 20 heavy (non-hydrogen) atoms. The SMILES string of the molecule is CCCCc1nc2ccc(NC(=O)CCCN)cc2[nH]1. The van der Waals surface area contributed by atoms with Gasteiger partial charge in [-0.2, -0.15) is 0 Å². The molecule has 4 N–H and O–H groups in total. The molecule has 2 aromatic rings. The summed E-state index contributed by atoms with van der Waals surface area (Å²) >= 11 is 0. The van der Waals surface area contributed by atoms with Gasteiger partial charge in [-0.25, -0.2) is 4.98 Å². The fourth-order valence-electron chi connectivity index (χ4n) is 2.09. The van der Waals surface area contributed by atoms with Crippen LogP contribution in [0.2, 0.25) is 0 Å². The predicted octanol–water partition coefficient (Wildman–Crippen LogP) is 2.58. The van der Waals surface area contributed by atoms with Gasteiger partial charge in [0.25, 0.3) is 0 Å². The molecule has 0 unspecified atom stereocenters. The Kier molecular flexibility index (Phi) is 5.12. The Balaban J connectivity index is 2.06. The molecule has 0 aliphatic carbocycles. The van der Waals surface area contributed by atoms with E-state index in [-0.39, 0.29) is 5.91 Å². The van der Waals surface area contributed by atoms with Gasteiger partial charge in [-0.3, -0.25) is 4.79 Å². The third-order valence-electron chi connectivity index (χ3n) is 3.19. The molecule has 0 spiro atoms. The Hall–Kier alpha value is -1.88. The van der Waals surface area contributed by atoms with E-state index in [1.165, 1.54) is 0 Å². The number of fused-ring (bicyclic) bond motifs is 1. The van der Waals surface area contributed by atoms with Crippen LogP contribution in [-0.2, 0) is 11.2 Å². The lowest BCUT2D eigenvalue weighted by Crippen LogP contribution is -2.13. The predicted molar refractivity (Wildman–Crippen MR) is 81.6 cm³/mol. The average molecular weight is 274 g/mol. The zero-order valence-electron chi connectivity index (χ0n) is 11.9. The van der Waals surface area contributed by atoms with Crippen molar-refractivity contribution in [3.8, 4) is 0 Å². The van der Waals surface area contributed by atoms with E-state index in [2.05, 4.69) is 22.2 Å². The van der Waals surface area contributed by atoms with Crippen LogP contribution in [0.5, 0.6) is 0 Å². The fourth-order valence-corrected chi connectivity index (χ4v) is 2.09. The highest BCUT2D eigenvalue weighted by molar-refractivity contribution is 5.93. The molecule has 0 saturated heterocycles. The highest BCUT2D eigenvalue weighted by Gasteiger charge is 2.06. The van der Waals surface area contributed by atoms with Crippen LogP contribution in [0.3, 0.4) is 0 Å². The second-order valence-electron chi connectivity index (χ2n) is 4.96. The third-order valence-corrected chi connectivity index (χ3v) is 3.19. The highest BCUT2D eigenvalue weighted by Crippen LogP contribution is 2.18. The van der Waals surface area contributed by atoms with Gasteiger partial charge in [0.05, 0.1) is 11.0 Å². The quantitative estimate of drug-likeness (QED) is 0.725. The van der Waals surface area contributed by atoms with E-state index in [0.29, 0.717) is 19.4 Å². The lowest BCUT2D eigenvalue weighted by molar-refractivity contribution is -0.116. The van der Waals surface area contributed by atoms with Gasteiger partial charge in [0.1, 0.15) is 5.82 Å². The number of carbonyl (C=O) groups is 1. The maximum Gasteiger partial charge on any atom is 0.224 e. The number of aromatic amines is 1. The number of hydrogen-bond acceptors (Lipinski definition) is 3. The standard InChI is InChI=1S/C15H22N4O/c1-2-3-5-14-18-12-8-7-11(10-13(12)19-14)17-15(20)6-4-9-16/h7-8,10H,2-6,9,16H2,1H3,(H,17,20)(H,18,19). The van der Waals surface area contributed by atoms with Crippen LogP contribution < -0.4 is 11.1 Å². The van der Waals surface area contributed by atoms with E-state index in [1.807, 2.05) is 18.2 Å². The lowest BCUT2D eigenvalue weighted by atomic mass is 10.2. The molecule has 5 nitrogen and oxygen atoms in total. The summed E-state index contributed by atoms with van der Waals surface area (Å²) in [6.45, 7) is 2.70. The summed E-state index contributed by atoms with van der Waals surface area (Å²) in [5, 5.41) is 2.88. The van der Waals surface area contributed by atoms with Gasteiger partial charge < -0.3 is 16.0 Å². The number of hydrogen-bond donors (Lipinski definition) is 3. The Morgan fingerprint density at radius 1 is 1.40 bits per heavy atom. The molecule has 1 aromatic carbocycles. The van der Waals surface area contributed by atoms with Crippen molar-refractivity contribution in [2.45, 2.75) is 39.0 Å². The second-order valence-corrected chi connectivity index (χ2v) is 4.96. The minimum absolute atomic E-state index is 0.000483. The minimum Gasteiger partial charge on any atom is -0.342 e. The van der Waals surface area contributed by atoms with Crippen LogP contribution in [0.25, 0.3) is 11.0 Å². The molecule has 1 heterocycles. The first-order valence-electron chi connectivity index (χ1n) is 7.21. The highest BCUT2D eigenvalue weighted by atomic mass is 16.1. The van der Waals surface area contributed by atoms with E-state index < -0.39 is 0 Å². The molecule has 0 fully saturated rings. The zero-order valence-corrected chi connectivity index (χ0v) is 11.9. The molecule has 1 amide bonds. The monoisotopic (exact) mass is 274 g/mol. The molecule has 108 valence electrons. The number of benzene rings is 1. The van der Waals surface area contributed by atoms with Crippen LogP contribution in [0, 0.1) is 0 Å². The number of aryl methyl sites for hydroxylation is 1. The summed E-state index contributed by atoms with van der Waals surface area (Å²) in [5.41, 5.74) is 8.10. The minimum atomic E-state index is 0.000483. The number of anilines is 1. The van der Waals surface area contributed by atoms with Gasteiger partial charge in [0.15, 0.2) is 0 Å². The largest absolute Gasteiger partial charge is 0.342 e. The van der Waals surface area contributed by atoms with Gasteiger partial charge in [-0.15, -0.1) is 0 Å². The molecule has 0 saturated carbocycles.